The van der Waals surface area contributed by atoms with Crippen LogP contribution in [-0.4, -0.2) is 74.7 Å². The van der Waals surface area contributed by atoms with Gasteiger partial charge in [-0.05, 0) is 63.4 Å². The van der Waals surface area contributed by atoms with Crippen LogP contribution < -0.4 is 10.2 Å². The van der Waals surface area contributed by atoms with Crippen LogP contribution in [0.15, 0.2) is 29.2 Å². The molecule has 2 atom stereocenters. The molecule has 0 saturated carbocycles. The van der Waals surface area contributed by atoms with E-state index in [1.165, 1.54) is 16.4 Å². The highest BCUT2D eigenvalue weighted by Gasteiger charge is 2.35. The Bertz CT molecular complexity index is 928. The molecule has 2 unspecified atom stereocenters. The van der Waals surface area contributed by atoms with Gasteiger partial charge in [-0.25, -0.2) is 8.42 Å². The van der Waals surface area contributed by atoms with E-state index < -0.39 is 10.0 Å². The average Bonchev–Trinajstić information content (AvgIpc) is 3.20. The zero-order chi connectivity index (χ0) is 24.2. The molecule has 184 valence electrons. The molecular formula is C24H38N4O4S. The zero-order valence-corrected chi connectivity index (χ0v) is 21.1. The number of nitrogens with zero attached hydrogens (tertiary/aromatic N) is 3. The van der Waals surface area contributed by atoms with Crippen LogP contribution in [0.4, 0.5) is 5.69 Å². The van der Waals surface area contributed by atoms with Crippen molar-refractivity contribution >= 4 is 27.5 Å². The van der Waals surface area contributed by atoms with Gasteiger partial charge in [0.1, 0.15) is 0 Å². The van der Waals surface area contributed by atoms with Crippen molar-refractivity contribution in [3.8, 4) is 0 Å². The Balaban J connectivity index is 1.58. The quantitative estimate of drug-likeness (QED) is 0.588. The molecule has 1 N–H and O–H groups in total. The molecular weight excluding hydrogens is 440 g/mol. The number of piperidine rings is 1. The summed E-state index contributed by atoms with van der Waals surface area (Å²) in [5.74, 6) is -0.133. The first-order valence-electron chi connectivity index (χ1n) is 12.1. The Morgan fingerprint density at radius 2 is 1.82 bits per heavy atom. The molecule has 2 aliphatic heterocycles. The van der Waals surface area contributed by atoms with Gasteiger partial charge in [0.2, 0.25) is 21.8 Å². The number of anilines is 1. The Morgan fingerprint density at radius 3 is 2.42 bits per heavy atom. The van der Waals surface area contributed by atoms with Crippen molar-refractivity contribution < 1.29 is 18.0 Å². The summed E-state index contributed by atoms with van der Waals surface area (Å²) in [5, 5.41) is 3.07. The van der Waals surface area contributed by atoms with E-state index in [-0.39, 0.29) is 29.0 Å². The normalized spacial score (nSPS) is 22.4. The van der Waals surface area contributed by atoms with Gasteiger partial charge in [0.25, 0.3) is 0 Å². The van der Waals surface area contributed by atoms with Crippen molar-refractivity contribution in [2.75, 3.05) is 44.2 Å². The third-order valence-electron chi connectivity index (χ3n) is 6.83. The van der Waals surface area contributed by atoms with Gasteiger partial charge in [0, 0.05) is 50.9 Å². The van der Waals surface area contributed by atoms with Gasteiger partial charge >= 0.3 is 0 Å². The number of carbonyl (C=O) groups excluding carboxylic acids is 2. The molecule has 0 aliphatic carbocycles. The van der Waals surface area contributed by atoms with Gasteiger partial charge < -0.3 is 15.1 Å². The maximum Gasteiger partial charge on any atom is 0.243 e. The van der Waals surface area contributed by atoms with Crippen LogP contribution >= 0.6 is 0 Å². The highest BCUT2D eigenvalue weighted by atomic mass is 32.2. The summed E-state index contributed by atoms with van der Waals surface area (Å²) >= 11 is 0. The van der Waals surface area contributed by atoms with Crippen LogP contribution in [-0.2, 0) is 19.6 Å². The van der Waals surface area contributed by atoms with E-state index in [1.54, 1.807) is 30.9 Å². The molecule has 0 aromatic heterocycles. The Morgan fingerprint density at radius 1 is 1.15 bits per heavy atom. The number of sulfonamides is 1. The molecule has 2 saturated heterocycles. The summed E-state index contributed by atoms with van der Waals surface area (Å²) < 4.78 is 26.8. The first-order valence-corrected chi connectivity index (χ1v) is 13.5. The molecule has 2 amide bonds. The summed E-state index contributed by atoms with van der Waals surface area (Å²) in [7, 11) is -3.54. The van der Waals surface area contributed by atoms with Crippen LogP contribution in [0.3, 0.4) is 0 Å². The summed E-state index contributed by atoms with van der Waals surface area (Å²) in [6.45, 7) is 11.9. The van der Waals surface area contributed by atoms with Crippen molar-refractivity contribution in [1.29, 1.82) is 0 Å². The highest BCUT2D eigenvalue weighted by Crippen LogP contribution is 2.27. The van der Waals surface area contributed by atoms with E-state index in [1.807, 2.05) is 0 Å². The second-order valence-electron chi connectivity index (χ2n) is 9.33. The molecule has 0 radical (unpaired) electrons. The zero-order valence-electron chi connectivity index (χ0n) is 20.3. The number of benzene rings is 1. The molecule has 3 rings (SSSR count). The smallest absolute Gasteiger partial charge is 0.243 e. The maximum absolute atomic E-state index is 12.8. The van der Waals surface area contributed by atoms with Crippen LogP contribution in [0.1, 0.15) is 47.0 Å². The van der Waals surface area contributed by atoms with Crippen molar-refractivity contribution in [2.45, 2.75) is 57.9 Å². The fourth-order valence-corrected chi connectivity index (χ4v) is 6.22. The summed E-state index contributed by atoms with van der Waals surface area (Å²) in [6, 6.07) is 6.88. The largest absolute Gasteiger partial charge is 0.355 e. The number of amides is 2. The lowest BCUT2D eigenvalue weighted by Crippen LogP contribution is -2.44. The fraction of sp³-hybridized carbons (Fsp3) is 0.667. The summed E-state index contributed by atoms with van der Waals surface area (Å²) in [4.78, 5) is 29.6. The van der Waals surface area contributed by atoms with Crippen molar-refractivity contribution in [2.24, 2.45) is 11.8 Å². The molecule has 1 aromatic carbocycles. The molecule has 0 spiro atoms. The Labute approximate surface area is 198 Å². The van der Waals surface area contributed by atoms with E-state index in [2.05, 4.69) is 24.1 Å². The van der Waals surface area contributed by atoms with Crippen molar-refractivity contribution in [3.63, 3.8) is 0 Å². The van der Waals surface area contributed by atoms with E-state index >= 15 is 0 Å². The van der Waals surface area contributed by atoms with Crippen molar-refractivity contribution in [3.05, 3.63) is 24.3 Å². The molecule has 8 nitrogen and oxygen atoms in total. The Hall–Kier alpha value is -1.97. The molecule has 2 aliphatic rings. The topological polar surface area (TPSA) is 90.0 Å². The molecule has 33 heavy (non-hydrogen) atoms. The third-order valence-corrected chi connectivity index (χ3v) is 8.90. The van der Waals surface area contributed by atoms with Crippen LogP contribution in [0.5, 0.6) is 0 Å². The third kappa shape index (κ3) is 5.94. The lowest BCUT2D eigenvalue weighted by molar-refractivity contribution is -0.126. The van der Waals surface area contributed by atoms with Gasteiger partial charge in [0.05, 0.1) is 10.8 Å². The standard InChI is InChI=1S/C24H38N4O4S/c1-5-27(6-2)33(31,32)22-11-9-21(10-12-22)28-17-20(14-23(28)29)24(30)25-15-19-8-7-13-26(16-19)18(3)4/h9-12,18-20H,5-8,13-17H2,1-4H3,(H,25,30). The number of hydrogen-bond acceptors (Lipinski definition) is 5. The van der Waals surface area contributed by atoms with E-state index in [0.717, 1.165) is 25.9 Å². The molecule has 2 heterocycles. The number of likely N-dealkylation sites (tertiary alicyclic amines) is 1. The maximum atomic E-state index is 12.8. The van der Waals surface area contributed by atoms with E-state index in [0.29, 0.717) is 43.8 Å². The van der Waals surface area contributed by atoms with E-state index in [4.69, 9.17) is 0 Å². The number of carbonyl (C=O) groups is 2. The molecule has 2 fully saturated rings. The number of nitrogens with one attached hydrogen (secondary N) is 1. The van der Waals surface area contributed by atoms with Crippen LogP contribution in [0.2, 0.25) is 0 Å². The minimum atomic E-state index is -3.54. The molecule has 0 bridgehead atoms. The molecule has 1 aromatic rings. The van der Waals surface area contributed by atoms with Crippen LogP contribution in [0, 0.1) is 11.8 Å². The van der Waals surface area contributed by atoms with Gasteiger partial charge in [-0.3, -0.25) is 9.59 Å². The number of rotatable bonds is 9. The summed E-state index contributed by atoms with van der Waals surface area (Å²) in [5.41, 5.74) is 0.619. The lowest BCUT2D eigenvalue weighted by Gasteiger charge is -2.35. The van der Waals surface area contributed by atoms with Crippen LogP contribution in [0.25, 0.3) is 0 Å². The number of hydrogen-bond donors (Lipinski definition) is 1. The minimum absolute atomic E-state index is 0.0757. The minimum Gasteiger partial charge on any atom is -0.355 e. The SMILES string of the molecule is CCN(CC)S(=O)(=O)c1ccc(N2CC(C(=O)NCC3CCCN(C(C)C)C3)CC2=O)cc1. The van der Waals surface area contributed by atoms with Gasteiger partial charge in [-0.2, -0.15) is 4.31 Å². The summed E-state index contributed by atoms with van der Waals surface area (Å²) in [6.07, 6.45) is 2.44. The van der Waals surface area contributed by atoms with Crippen molar-refractivity contribution in [1.82, 2.24) is 14.5 Å². The lowest BCUT2D eigenvalue weighted by atomic mass is 9.96. The average molecular weight is 479 g/mol. The van der Waals surface area contributed by atoms with Gasteiger partial charge in [-0.1, -0.05) is 13.8 Å². The first kappa shape index (κ1) is 25.6. The van der Waals surface area contributed by atoms with Gasteiger partial charge in [0.15, 0.2) is 0 Å². The molecule has 9 heteroatoms. The Kier molecular flexibility index (Phi) is 8.53. The second kappa shape index (κ2) is 11.0. The monoisotopic (exact) mass is 478 g/mol. The fourth-order valence-electron chi connectivity index (χ4n) is 4.77. The van der Waals surface area contributed by atoms with E-state index in [9.17, 15) is 18.0 Å². The predicted octanol–water partition coefficient (Wildman–Crippen LogP) is 2.31. The first-order chi connectivity index (χ1) is 15.7. The second-order valence-corrected chi connectivity index (χ2v) is 11.3. The predicted molar refractivity (Wildman–Crippen MR) is 129 cm³/mol. The highest BCUT2D eigenvalue weighted by molar-refractivity contribution is 7.89. The van der Waals surface area contributed by atoms with Gasteiger partial charge in [-0.15, -0.1) is 0 Å².